The van der Waals surface area contributed by atoms with Crippen LogP contribution >= 0.6 is 0 Å². The lowest BCUT2D eigenvalue weighted by molar-refractivity contribution is -0.145. The SMILES string of the molecule is Cc1cnc(C(=O)N[C@@H]2C[C@@H](O)C23CCOCC3)o1. The average Bonchev–Trinajstić information content (AvgIpc) is 2.86. The van der Waals surface area contributed by atoms with Gasteiger partial charge < -0.3 is 19.6 Å². The Balaban J connectivity index is 1.68. The van der Waals surface area contributed by atoms with Crippen LogP contribution in [0.4, 0.5) is 0 Å². The molecule has 2 atom stereocenters. The summed E-state index contributed by atoms with van der Waals surface area (Å²) in [5, 5.41) is 13.0. The molecule has 104 valence electrons. The molecule has 1 saturated heterocycles. The first kappa shape index (κ1) is 12.6. The first-order chi connectivity index (χ1) is 9.12. The van der Waals surface area contributed by atoms with Crippen LogP contribution in [0.3, 0.4) is 0 Å². The van der Waals surface area contributed by atoms with Gasteiger partial charge in [-0.2, -0.15) is 0 Å². The van der Waals surface area contributed by atoms with E-state index in [0.29, 0.717) is 25.4 Å². The van der Waals surface area contributed by atoms with Crippen molar-refractivity contribution in [3.05, 3.63) is 17.8 Å². The number of amides is 1. The molecule has 1 spiro atoms. The summed E-state index contributed by atoms with van der Waals surface area (Å²) in [5.74, 6) is 0.386. The zero-order valence-electron chi connectivity index (χ0n) is 10.9. The van der Waals surface area contributed by atoms with E-state index >= 15 is 0 Å². The van der Waals surface area contributed by atoms with Crippen LogP contribution in [-0.2, 0) is 4.74 Å². The third-order valence-electron chi connectivity index (χ3n) is 4.36. The molecule has 0 bridgehead atoms. The number of aliphatic hydroxyl groups excluding tert-OH is 1. The number of hydrogen-bond donors (Lipinski definition) is 2. The first-order valence-electron chi connectivity index (χ1n) is 6.61. The fourth-order valence-corrected chi connectivity index (χ4v) is 3.08. The Kier molecular flexibility index (Phi) is 3.06. The molecule has 2 N–H and O–H groups in total. The lowest BCUT2D eigenvalue weighted by Crippen LogP contribution is -2.65. The number of aryl methyl sites for hydroxylation is 1. The lowest BCUT2D eigenvalue weighted by Gasteiger charge is -2.55. The molecule has 2 heterocycles. The van der Waals surface area contributed by atoms with Crippen LogP contribution in [0.25, 0.3) is 0 Å². The van der Waals surface area contributed by atoms with Crippen LogP contribution in [-0.4, -0.2) is 41.4 Å². The summed E-state index contributed by atoms with van der Waals surface area (Å²) >= 11 is 0. The number of nitrogens with one attached hydrogen (secondary N) is 1. The van der Waals surface area contributed by atoms with E-state index in [0.717, 1.165) is 12.8 Å². The average molecular weight is 266 g/mol. The van der Waals surface area contributed by atoms with Crippen molar-refractivity contribution in [1.82, 2.24) is 10.3 Å². The number of nitrogens with zero attached hydrogens (tertiary/aromatic N) is 1. The Bertz CT molecular complexity index is 479. The Morgan fingerprint density at radius 1 is 1.53 bits per heavy atom. The molecule has 0 unspecified atom stereocenters. The van der Waals surface area contributed by atoms with Gasteiger partial charge in [0.25, 0.3) is 5.89 Å². The lowest BCUT2D eigenvalue weighted by atomic mass is 9.58. The van der Waals surface area contributed by atoms with Gasteiger partial charge in [-0.3, -0.25) is 4.79 Å². The number of ether oxygens (including phenoxy) is 1. The highest BCUT2D eigenvalue weighted by atomic mass is 16.5. The van der Waals surface area contributed by atoms with E-state index in [-0.39, 0.29) is 29.4 Å². The van der Waals surface area contributed by atoms with Crippen molar-refractivity contribution in [2.75, 3.05) is 13.2 Å². The summed E-state index contributed by atoms with van der Waals surface area (Å²) in [6, 6.07) is -0.0221. The van der Waals surface area contributed by atoms with Gasteiger partial charge in [0.1, 0.15) is 5.76 Å². The van der Waals surface area contributed by atoms with Crippen LogP contribution in [0.1, 0.15) is 35.7 Å². The first-order valence-corrected chi connectivity index (χ1v) is 6.61. The van der Waals surface area contributed by atoms with Gasteiger partial charge in [0.15, 0.2) is 0 Å². The van der Waals surface area contributed by atoms with Crippen LogP contribution in [0.2, 0.25) is 0 Å². The van der Waals surface area contributed by atoms with Gasteiger partial charge in [0.05, 0.1) is 12.3 Å². The predicted molar refractivity (Wildman–Crippen MR) is 65.6 cm³/mol. The maximum absolute atomic E-state index is 12.0. The third-order valence-corrected chi connectivity index (χ3v) is 4.36. The molecule has 1 aromatic rings. The molecule has 3 rings (SSSR count). The molecule has 6 heteroatoms. The van der Waals surface area contributed by atoms with E-state index in [9.17, 15) is 9.90 Å². The van der Waals surface area contributed by atoms with Gasteiger partial charge >= 0.3 is 5.91 Å². The van der Waals surface area contributed by atoms with Gasteiger partial charge in [-0.05, 0) is 26.2 Å². The standard InChI is InChI=1S/C13H18N2O4/c1-8-7-14-12(19-8)11(17)15-9-6-10(16)13(9)2-4-18-5-3-13/h7,9-10,16H,2-6H2,1H3,(H,15,17)/t9-,10-/m1/s1. The van der Waals surface area contributed by atoms with E-state index in [4.69, 9.17) is 9.15 Å². The number of aliphatic hydroxyl groups is 1. The second-order valence-corrected chi connectivity index (χ2v) is 5.40. The number of carbonyl (C=O) groups is 1. The topological polar surface area (TPSA) is 84.6 Å². The summed E-state index contributed by atoms with van der Waals surface area (Å²) in [4.78, 5) is 15.9. The van der Waals surface area contributed by atoms with E-state index in [2.05, 4.69) is 10.3 Å². The number of carbonyl (C=O) groups excluding carboxylic acids is 1. The van der Waals surface area contributed by atoms with E-state index in [1.807, 2.05) is 0 Å². The zero-order valence-corrected chi connectivity index (χ0v) is 10.9. The highest BCUT2D eigenvalue weighted by Gasteiger charge is 2.55. The van der Waals surface area contributed by atoms with Crippen molar-refractivity contribution in [2.24, 2.45) is 5.41 Å². The molecule has 0 aromatic carbocycles. The molecule has 19 heavy (non-hydrogen) atoms. The quantitative estimate of drug-likeness (QED) is 0.820. The maximum atomic E-state index is 12.0. The van der Waals surface area contributed by atoms with Gasteiger partial charge in [-0.25, -0.2) is 4.98 Å². The minimum Gasteiger partial charge on any atom is -0.438 e. The van der Waals surface area contributed by atoms with Gasteiger partial charge in [-0.15, -0.1) is 0 Å². The van der Waals surface area contributed by atoms with Crippen LogP contribution in [0, 0.1) is 12.3 Å². The number of aromatic nitrogens is 1. The second kappa shape index (κ2) is 4.61. The Hall–Kier alpha value is -1.40. The van der Waals surface area contributed by atoms with Crippen molar-refractivity contribution in [3.63, 3.8) is 0 Å². The molecule has 1 saturated carbocycles. The summed E-state index contributed by atoms with van der Waals surface area (Å²) in [7, 11) is 0. The van der Waals surface area contributed by atoms with Crippen molar-refractivity contribution in [3.8, 4) is 0 Å². The summed E-state index contributed by atoms with van der Waals surface area (Å²) < 4.78 is 10.5. The Morgan fingerprint density at radius 3 is 2.84 bits per heavy atom. The van der Waals surface area contributed by atoms with E-state index in [1.54, 1.807) is 6.92 Å². The van der Waals surface area contributed by atoms with E-state index in [1.165, 1.54) is 6.20 Å². The largest absolute Gasteiger partial charge is 0.438 e. The Labute approximate surface area is 111 Å². The number of rotatable bonds is 2. The molecule has 1 amide bonds. The molecule has 1 aromatic heterocycles. The van der Waals surface area contributed by atoms with Crippen molar-refractivity contribution in [2.45, 2.75) is 38.3 Å². The number of hydrogen-bond acceptors (Lipinski definition) is 5. The van der Waals surface area contributed by atoms with Crippen molar-refractivity contribution < 1.29 is 19.1 Å². The number of oxazole rings is 1. The molecule has 6 nitrogen and oxygen atoms in total. The molecular weight excluding hydrogens is 248 g/mol. The third kappa shape index (κ3) is 2.04. The van der Waals surface area contributed by atoms with E-state index < -0.39 is 0 Å². The summed E-state index contributed by atoms with van der Waals surface area (Å²) in [6.07, 6.45) is 3.32. The molecule has 2 aliphatic rings. The zero-order chi connectivity index (χ0) is 13.5. The summed E-state index contributed by atoms with van der Waals surface area (Å²) in [5.41, 5.74) is -0.227. The fourth-order valence-electron chi connectivity index (χ4n) is 3.08. The molecule has 1 aliphatic carbocycles. The molecule has 0 radical (unpaired) electrons. The van der Waals surface area contributed by atoms with Gasteiger partial charge in [0, 0.05) is 24.7 Å². The van der Waals surface area contributed by atoms with Crippen LogP contribution in [0.5, 0.6) is 0 Å². The minimum atomic E-state index is -0.354. The van der Waals surface area contributed by atoms with Crippen molar-refractivity contribution in [1.29, 1.82) is 0 Å². The minimum absolute atomic E-state index is 0.0221. The van der Waals surface area contributed by atoms with Gasteiger partial charge in [0.2, 0.25) is 0 Å². The predicted octanol–water partition coefficient (Wildman–Crippen LogP) is 0.643. The highest BCUT2D eigenvalue weighted by Crippen LogP contribution is 2.48. The molecular formula is C13H18N2O4. The smallest absolute Gasteiger partial charge is 0.307 e. The van der Waals surface area contributed by atoms with Crippen LogP contribution < -0.4 is 5.32 Å². The highest BCUT2D eigenvalue weighted by molar-refractivity contribution is 5.89. The van der Waals surface area contributed by atoms with Crippen LogP contribution in [0.15, 0.2) is 10.6 Å². The Morgan fingerprint density at radius 2 is 2.26 bits per heavy atom. The fraction of sp³-hybridized carbons (Fsp3) is 0.692. The summed E-state index contributed by atoms with van der Waals surface area (Å²) in [6.45, 7) is 3.03. The molecule has 2 fully saturated rings. The van der Waals surface area contributed by atoms with Gasteiger partial charge in [-0.1, -0.05) is 0 Å². The second-order valence-electron chi connectivity index (χ2n) is 5.40. The normalized spacial score (nSPS) is 28.9. The molecule has 1 aliphatic heterocycles. The van der Waals surface area contributed by atoms with Crippen molar-refractivity contribution >= 4 is 5.91 Å². The maximum Gasteiger partial charge on any atom is 0.307 e. The monoisotopic (exact) mass is 266 g/mol.